The number of aromatic nitrogens is 1. The zero-order valence-corrected chi connectivity index (χ0v) is 15.2. The lowest BCUT2D eigenvalue weighted by molar-refractivity contribution is -0.119. The number of rotatable bonds is 2. The zero-order chi connectivity index (χ0) is 19.1. The highest BCUT2D eigenvalue weighted by Gasteiger charge is 2.24. The third-order valence-corrected chi connectivity index (χ3v) is 5.20. The number of benzene rings is 3. The first-order valence-electron chi connectivity index (χ1n) is 9.26. The van der Waals surface area contributed by atoms with E-state index in [0.29, 0.717) is 23.9 Å². The Balaban J connectivity index is 1.65. The van der Waals surface area contributed by atoms with Crippen molar-refractivity contribution < 1.29 is 9.53 Å². The highest BCUT2D eigenvalue weighted by Crippen LogP contribution is 2.31. The molecule has 0 bridgehead atoms. The van der Waals surface area contributed by atoms with Crippen molar-refractivity contribution in [2.75, 3.05) is 18.1 Å². The fourth-order valence-corrected chi connectivity index (χ4v) is 3.90. The average molecular weight is 370 g/mol. The number of carbonyl (C=O) groups excluding carboxylic acids is 1. The molecule has 1 aliphatic heterocycles. The first-order chi connectivity index (χ1) is 13.7. The van der Waals surface area contributed by atoms with Gasteiger partial charge in [0.2, 0.25) is 5.91 Å². The van der Waals surface area contributed by atoms with Gasteiger partial charge in [-0.25, -0.2) is 0 Å². The van der Waals surface area contributed by atoms with E-state index in [-0.39, 0.29) is 17.9 Å². The quantitative estimate of drug-likeness (QED) is 0.507. The molecule has 1 amide bonds. The Hall–Kier alpha value is -3.60. The number of pyridine rings is 1. The van der Waals surface area contributed by atoms with Crippen LogP contribution in [0.25, 0.3) is 21.8 Å². The van der Waals surface area contributed by atoms with Crippen LogP contribution in [0.3, 0.4) is 0 Å². The van der Waals surface area contributed by atoms with Crippen LogP contribution >= 0.6 is 0 Å². The largest absolute Gasteiger partial charge is 0.490 e. The van der Waals surface area contributed by atoms with E-state index in [4.69, 9.17) is 4.74 Å². The molecule has 4 aromatic rings. The summed E-state index contributed by atoms with van der Waals surface area (Å²) in [5.41, 5.74) is 2.31. The van der Waals surface area contributed by atoms with Crippen LogP contribution in [-0.2, 0) is 11.3 Å². The van der Waals surface area contributed by atoms with E-state index in [9.17, 15) is 9.59 Å². The molecule has 0 atom stereocenters. The molecule has 138 valence electrons. The van der Waals surface area contributed by atoms with Crippen LogP contribution in [0.4, 0.5) is 5.69 Å². The smallest absolute Gasteiger partial charge is 0.247 e. The van der Waals surface area contributed by atoms with Gasteiger partial charge in [0.1, 0.15) is 18.9 Å². The van der Waals surface area contributed by atoms with Crippen LogP contribution < -0.4 is 15.1 Å². The lowest BCUT2D eigenvalue weighted by Gasteiger charge is -2.30. The molecule has 0 aliphatic carbocycles. The van der Waals surface area contributed by atoms with E-state index >= 15 is 0 Å². The highest BCUT2D eigenvalue weighted by molar-refractivity contribution is 5.99. The SMILES string of the molecule is O=C(Cn1c2ccccc2c(=O)c2ccccc21)N1CCOc2ccccc21. The molecule has 5 rings (SSSR count). The maximum Gasteiger partial charge on any atom is 0.247 e. The Labute approximate surface area is 161 Å². The van der Waals surface area contributed by atoms with E-state index in [1.165, 1.54) is 0 Å². The van der Waals surface area contributed by atoms with Crippen molar-refractivity contribution >= 4 is 33.4 Å². The van der Waals surface area contributed by atoms with Gasteiger partial charge in [0.05, 0.1) is 23.3 Å². The van der Waals surface area contributed by atoms with Gasteiger partial charge in [-0.05, 0) is 36.4 Å². The van der Waals surface area contributed by atoms with E-state index in [2.05, 4.69) is 0 Å². The molecule has 1 aliphatic rings. The summed E-state index contributed by atoms with van der Waals surface area (Å²) < 4.78 is 7.61. The van der Waals surface area contributed by atoms with Crippen LogP contribution in [0.1, 0.15) is 0 Å². The van der Waals surface area contributed by atoms with Gasteiger partial charge in [-0.3, -0.25) is 9.59 Å². The Morgan fingerprint density at radius 3 is 2.18 bits per heavy atom. The summed E-state index contributed by atoms with van der Waals surface area (Å²) in [5, 5.41) is 1.24. The Morgan fingerprint density at radius 1 is 0.857 bits per heavy atom. The van der Waals surface area contributed by atoms with Crippen LogP contribution in [0.2, 0.25) is 0 Å². The molecule has 5 heteroatoms. The standard InChI is InChI=1S/C23H18N2O3/c26-22(24-13-14-28-21-12-6-5-11-20(21)24)15-25-18-9-3-1-7-16(18)23(27)17-8-2-4-10-19(17)25/h1-12H,13-15H2. The fraction of sp³-hybridized carbons (Fsp3) is 0.130. The molecular formula is C23H18N2O3. The topological polar surface area (TPSA) is 51.5 Å². The van der Waals surface area contributed by atoms with E-state index in [1.54, 1.807) is 4.90 Å². The zero-order valence-electron chi connectivity index (χ0n) is 15.2. The fourth-order valence-electron chi connectivity index (χ4n) is 3.90. The number of ether oxygens (including phenoxy) is 1. The van der Waals surface area contributed by atoms with E-state index in [1.807, 2.05) is 77.4 Å². The molecule has 3 aromatic carbocycles. The van der Waals surface area contributed by atoms with Crippen molar-refractivity contribution in [1.29, 1.82) is 0 Å². The van der Waals surface area contributed by atoms with E-state index in [0.717, 1.165) is 22.5 Å². The third-order valence-electron chi connectivity index (χ3n) is 5.20. The minimum Gasteiger partial charge on any atom is -0.490 e. The molecule has 0 fully saturated rings. The highest BCUT2D eigenvalue weighted by atomic mass is 16.5. The summed E-state index contributed by atoms with van der Waals surface area (Å²) in [6.07, 6.45) is 0. The number of para-hydroxylation sites is 4. The van der Waals surface area contributed by atoms with Gasteiger partial charge in [-0.1, -0.05) is 36.4 Å². The second-order valence-corrected chi connectivity index (χ2v) is 6.81. The molecule has 28 heavy (non-hydrogen) atoms. The van der Waals surface area contributed by atoms with Crippen molar-refractivity contribution in [2.24, 2.45) is 0 Å². The summed E-state index contributed by atoms with van der Waals surface area (Å²) in [6.45, 7) is 1.12. The van der Waals surface area contributed by atoms with Crippen LogP contribution in [0.15, 0.2) is 77.6 Å². The van der Waals surface area contributed by atoms with Crippen LogP contribution in [0, 0.1) is 0 Å². The predicted molar refractivity (Wildman–Crippen MR) is 110 cm³/mol. The van der Waals surface area contributed by atoms with Gasteiger partial charge >= 0.3 is 0 Å². The summed E-state index contributed by atoms with van der Waals surface area (Å²) in [7, 11) is 0. The summed E-state index contributed by atoms with van der Waals surface area (Å²) in [4.78, 5) is 27.9. The van der Waals surface area contributed by atoms with Gasteiger partial charge in [-0.2, -0.15) is 0 Å². The molecule has 0 saturated heterocycles. The maximum absolute atomic E-state index is 13.3. The minimum atomic E-state index is -0.0327. The maximum atomic E-state index is 13.3. The number of hydrogen-bond donors (Lipinski definition) is 0. The number of nitrogens with zero attached hydrogens (tertiary/aromatic N) is 2. The van der Waals surface area contributed by atoms with Gasteiger partial charge in [-0.15, -0.1) is 0 Å². The first-order valence-corrected chi connectivity index (χ1v) is 9.26. The first kappa shape index (κ1) is 16.6. The van der Waals surface area contributed by atoms with Crippen LogP contribution in [0.5, 0.6) is 5.75 Å². The van der Waals surface area contributed by atoms with Crippen molar-refractivity contribution in [2.45, 2.75) is 6.54 Å². The second-order valence-electron chi connectivity index (χ2n) is 6.81. The van der Waals surface area contributed by atoms with Gasteiger partial charge in [0.15, 0.2) is 5.43 Å². The average Bonchev–Trinajstić information content (AvgIpc) is 2.76. The number of carbonyl (C=O) groups is 1. The predicted octanol–water partition coefficient (Wildman–Crippen LogP) is 3.58. The number of anilines is 1. The molecule has 1 aromatic heterocycles. The molecule has 0 saturated carbocycles. The monoisotopic (exact) mass is 370 g/mol. The Morgan fingerprint density at radius 2 is 1.46 bits per heavy atom. The summed E-state index contributed by atoms with van der Waals surface area (Å²) in [6, 6.07) is 22.5. The van der Waals surface area contributed by atoms with Crippen molar-refractivity contribution in [3.8, 4) is 5.75 Å². The summed E-state index contributed by atoms with van der Waals surface area (Å²) in [5.74, 6) is 0.687. The van der Waals surface area contributed by atoms with Crippen LogP contribution in [-0.4, -0.2) is 23.6 Å². The van der Waals surface area contributed by atoms with Crippen molar-refractivity contribution in [3.63, 3.8) is 0 Å². The number of amides is 1. The normalized spacial score (nSPS) is 13.4. The second kappa shape index (κ2) is 6.53. The lowest BCUT2D eigenvalue weighted by Crippen LogP contribution is -2.40. The molecule has 0 N–H and O–H groups in total. The molecule has 0 radical (unpaired) electrons. The number of hydrogen-bond acceptors (Lipinski definition) is 3. The number of fused-ring (bicyclic) bond motifs is 3. The van der Waals surface area contributed by atoms with E-state index < -0.39 is 0 Å². The third kappa shape index (κ3) is 2.55. The van der Waals surface area contributed by atoms with Gasteiger partial charge in [0, 0.05) is 10.8 Å². The molecule has 2 heterocycles. The molecule has 0 unspecified atom stereocenters. The Kier molecular flexibility index (Phi) is 3.86. The lowest BCUT2D eigenvalue weighted by atomic mass is 10.1. The van der Waals surface area contributed by atoms with Crippen molar-refractivity contribution in [1.82, 2.24) is 4.57 Å². The molecule has 0 spiro atoms. The van der Waals surface area contributed by atoms with Gasteiger partial charge < -0.3 is 14.2 Å². The molecule has 5 nitrogen and oxygen atoms in total. The van der Waals surface area contributed by atoms with Gasteiger partial charge in [0.25, 0.3) is 0 Å². The summed E-state index contributed by atoms with van der Waals surface area (Å²) >= 11 is 0. The van der Waals surface area contributed by atoms with Crippen molar-refractivity contribution in [3.05, 3.63) is 83.0 Å². The minimum absolute atomic E-state index is 0.00776. The molecular weight excluding hydrogens is 352 g/mol. The Bertz CT molecular complexity index is 1220.